The Kier molecular flexibility index (Phi) is 6.29. The highest BCUT2D eigenvalue weighted by molar-refractivity contribution is 6.38. The van der Waals surface area contributed by atoms with Crippen molar-refractivity contribution in [1.82, 2.24) is 0 Å². The van der Waals surface area contributed by atoms with Gasteiger partial charge in [0.1, 0.15) is 16.3 Å². The highest BCUT2D eigenvalue weighted by Crippen LogP contribution is 2.39. The van der Waals surface area contributed by atoms with Crippen molar-refractivity contribution < 1.29 is 20.1 Å². The van der Waals surface area contributed by atoms with E-state index in [1.54, 1.807) is 0 Å². The second kappa shape index (κ2) is 8.40. The molecule has 0 amide bonds. The van der Waals surface area contributed by atoms with Crippen LogP contribution in [0.25, 0.3) is 0 Å². The number of halogens is 4. The molecule has 0 radical (unpaired) electrons. The number of nitrogens with one attached hydrogen (secondary N) is 1. The van der Waals surface area contributed by atoms with Gasteiger partial charge < -0.3 is 20.5 Å². The Morgan fingerprint density at radius 3 is 2.10 bits per heavy atom. The Hall–Kier alpha value is -1.99. The Bertz CT molecular complexity index is 1130. The van der Waals surface area contributed by atoms with Crippen LogP contribution in [0.2, 0.25) is 20.1 Å². The van der Waals surface area contributed by atoms with Crippen molar-refractivity contribution >= 4 is 63.6 Å². The van der Waals surface area contributed by atoms with Crippen LogP contribution in [0.4, 0.5) is 11.4 Å². The maximum Gasteiger partial charge on any atom is 0.202 e. The molecule has 0 bridgehead atoms. The van der Waals surface area contributed by atoms with Crippen LogP contribution in [0.1, 0.15) is 21.5 Å². The molecule has 0 saturated heterocycles. The topological polar surface area (TPSA) is 85.0 Å². The summed E-state index contributed by atoms with van der Waals surface area (Å²) in [5.41, 5.74) is -0.264. The largest absolute Gasteiger partial charge is 0.623 e. The molecule has 1 unspecified atom stereocenters. The lowest BCUT2D eigenvalue weighted by Crippen LogP contribution is -2.96. The average Bonchev–Trinajstić information content (AvgIpc) is 2.60. The standard InChI is InChI=1S/C20H13Cl4NO4/c1-9-6-16(26)17(19(27)12-4-2-10(21)7-13(12)23)20(28)18(9)25(29)15-5-3-11(22)8-14(15)24/h2-8,25-26,28H,1H3. The van der Waals surface area contributed by atoms with Crippen molar-refractivity contribution in [3.63, 3.8) is 0 Å². The predicted molar refractivity (Wildman–Crippen MR) is 115 cm³/mol. The monoisotopic (exact) mass is 471 g/mol. The number of benzene rings is 3. The number of carbonyl (C=O) groups excluding carboxylic acids is 1. The lowest BCUT2D eigenvalue weighted by Gasteiger charge is -2.25. The molecule has 0 fully saturated rings. The second-order valence-corrected chi connectivity index (χ2v) is 7.91. The van der Waals surface area contributed by atoms with E-state index in [4.69, 9.17) is 46.4 Å². The number of aromatic hydroxyl groups is 2. The van der Waals surface area contributed by atoms with E-state index in [1.807, 2.05) is 0 Å². The van der Waals surface area contributed by atoms with Crippen LogP contribution in [-0.4, -0.2) is 16.0 Å². The summed E-state index contributed by atoms with van der Waals surface area (Å²) in [4.78, 5) is 13.0. The number of rotatable bonds is 4. The fourth-order valence-corrected chi connectivity index (χ4v) is 3.90. The molecule has 3 rings (SSSR count). The normalized spacial score (nSPS) is 12.1. The molecule has 0 spiro atoms. The minimum Gasteiger partial charge on any atom is -0.623 e. The summed E-state index contributed by atoms with van der Waals surface area (Å²) in [6, 6.07) is 9.67. The quantitative estimate of drug-likeness (QED) is 0.200. The molecule has 5 nitrogen and oxygen atoms in total. The van der Waals surface area contributed by atoms with Gasteiger partial charge in [-0.25, -0.2) is 0 Å². The average molecular weight is 473 g/mol. The number of aryl methyl sites for hydroxylation is 1. The first-order valence-corrected chi connectivity index (χ1v) is 9.68. The molecule has 3 N–H and O–H groups in total. The number of hydrogen-bond acceptors (Lipinski definition) is 4. The lowest BCUT2D eigenvalue weighted by atomic mass is 9.98. The summed E-state index contributed by atoms with van der Waals surface area (Å²) in [7, 11) is 0. The second-order valence-electron chi connectivity index (χ2n) is 6.22. The molecular weight excluding hydrogens is 460 g/mol. The third kappa shape index (κ3) is 4.16. The summed E-state index contributed by atoms with van der Waals surface area (Å²) in [6.45, 7) is 1.51. The highest BCUT2D eigenvalue weighted by atomic mass is 35.5. The molecule has 1 atom stereocenters. The van der Waals surface area contributed by atoms with E-state index < -0.39 is 27.9 Å². The lowest BCUT2D eigenvalue weighted by molar-refractivity contribution is -0.698. The van der Waals surface area contributed by atoms with Gasteiger partial charge in [-0.1, -0.05) is 46.4 Å². The van der Waals surface area contributed by atoms with Gasteiger partial charge in [-0.3, -0.25) is 4.79 Å². The van der Waals surface area contributed by atoms with Gasteiger partial charge in [0.05, 0.1) is 5.02 Å². The third-order valence-corrected chi connectivity index (χ3v) is 5.38. The zero-order chi connectivity index (χ0) is 21.5. The van der Waals surface area contributed by atoms with Crippen LogP contribution in [0.15, 0.2) is 42.5 Å². The maximum absolute atomic E-state index is 13.0. The summed E-state index contributed by atoms with van der Waals surface area (Å²) in [5, 5.41) is 34.3. The van der Waals surface area contributed by atoms with E-state index in [9.17, 15) is 20.2 Å². The van der Waals surface area contributed by atoms with Crippen LogP contribution in [-0.2, 0) is 0 Å². The molecule has 0 aliphatic heterocycles. The number of phenols is 2. The van der Waals surface area contributed by atoms with E-state index >= 15 is 0 Å². The molecule has 3 aromatic carbocycles. The van der Waals surface area contributed by atoms with Gasteiger partial charge in [-0.05, 0) is 43.3 Å². The summed E-state index contributed by atoms with van der Waals surface area (Å²) in [6.07, 6.45) is 0. The van der Waals surface area contributed by atoms with Crippen LogP contribution >= 0.6 is 46.4 Å². The van der Waals surface area contributed by atoms with E-state index in [0.29, 0.717) is 10.0 Å². The fourth-order valence-electron chi connectivity index (χ4n) is 2.91. The molecule has 29 heavy (non-hydrogen) atoms. The summed E-state index contributed by atoms with van der Waals surface area (Å²) in [5.74, 6) is -1.93. The molecule has 0 saturated carbocycles. The first kappa shape index (κ1) is 21.7. The molecule has 0 aliphatic carbocycles. The number of ketones is 1. The van der Waals surface area contributed by atoms with Crippen LogP contribution in [0.3, 0.4) is 0 Å². The molecular formula is C20H13Cl4NO4. The smallest absolute Gasteiger partial charge is 0.202 e. The number of hydrogen-bond donors (Lipinski definition) is 3. The van der Waals surface area contributed by atoms with Crippen molar-refractivity contribution in [2.24, 2.45) is 0 Å². The minimum atomic E-state index is -0.766. The molecule has 150 valence electrons. The Balaban J connectivity index is 2.17. The molecule has 9 heteroatoms. The van der Waals surface area contributed by atoms with Gasteiger partial charge in [-0.2, -0.15) is 0 Å². The maximum atomic E-state index is 13.0. The Morgan fingerprint density at radius 1 is 0.931 bits per heavy atom. The predicted octanol–water partition coefficient (Wildman–Crippen LogP) is 5.60. The van der Waals surface area contributed by atoms with Crippen molar-refractivity contribution in [2.45, 2.75) is 6.92 Å². The van der Waals surface area contributed by atoms with E-state index in [-0.39, 0.29) is 32.5 Å². The van der Waals surface area contributed by atoms with Gasteiger partial charge in [0.25, 0.3) is 0 Å². The minimum absolute atomic E-state index is 0.00782. The van der Waals surface area contributed by atoms with Gasteiger partial charge >= 0.3 is 0 Å². The molecule has 0 heterocycles. The van der Waals surface area contributed by atoms with Crippen molar-refractivity contribution in [2.75, 3.05) is 0 Å². The Labute approximate surface area is 186 Å². The number of phenolic OH excluding ortho intramolecular Hbond substituents is 2. The van der Waals surface area contributed by atoms with Gasteiger partial charge in [0.2, 0.25) is 5.78 Å². The van der Waals surface area contributed by atoms with Gasteiger partial charge in [0, 0.05) is 27.2 Å². The first-order valence-electron chi connectivity index (χ1n) is 8.16. The van der Waals surface area contributed by atoms with Crippen LogP contribution in [0.5, 0.6) is 11.5 Å². The van der Waals surface area contributed by atoms with Crippen molar-refractivity contribution in [1.29, 1.82) is 0 Å². The summed E-state index contributed by atoms with van der Waals surface area (Å²) < 4.78 is 0. The molecule has 0 aliphatic rings. The SMILES string of the molecule is Cc1cc(O)c(C(=O)c2ccc(Cl)cc2Cl)c(O)c1[NH+]([O-])c1ccc(Cl)cc1Cl. The number of carbonyl (C=O) groups is 1. The van der Waals surface area contributed by atoms with Crippen LogP contribution < -0.4 is 5.06 Å². The zero-order valence-corrected chi connectivity index (χ0v) is 17.8. The van der Waals surface area contributed by atoms with E-state index in [0.717, 1.165) is 0 Å². The third-order valence-electron chi connectivity index (χ3n) is 4.28. The van der Waals surface area contributed by atoms with E-state index in [1.165, 1.54) is 49.4 Å². The Morgan fingerprint density at radius 2 is 1.52 bits per heavy atom. The first-order chi connectivity index (χ1) is 13.6. The number of quaternary nitrogens is 1. The molecule has 0 aromatic heterocycles. The van der Waals surface area contributed by atoms with Gasteiger partial charge in [0.15, 0.2) is 17.1 Å². The van der Waals surface area contributed by atoms with Gasteiger partial charge in [-0.15, -0.1) is 0 Å². The van der Waals surface area contributed by atoms with Crippen molar-refractivity contribution in [3.8, 4) is 11.5 Å². The van der Waals surface area contributed by atoms with Crippen LogP contribution in [0, 0.1) is 12.1 Å². The fraction of sp³-hybridized carbons (Fsp3) is 0.0500. The zero-order valence-electron chi connectivity index (χ0n) is 14.8. The van der Waals surface area contributed by atoms with Crippen molar-refractivity contribution in [3.05, 3.63) is 84.5 Å². The molecule has 3 aromatic rings. The summed E-state index contributed by atoms with van der Waals surface area (Å²) >= 11 is 23.9. The van der Waals surface area contributed by atoms with E-state index in [2.05, 4.69) is 0 Å². The highest BCUT2D eigenvalue weighted by Gasteiger charge is 2.28.